The van der Waals surface area contributed by atoms with Gasteiger partial charge in [-0.1, -0.05) is 18.2 Å². The quantitative estimate of drug-likeness (QED) is 0.312. The number of carbonyl (C=O) groups excluding carboxylic acids is 1. The van der Waals surface area contributed by atoms with Crippen molar-refractivity contribution in [2.75, 3.05) is 13.2 Å². The lowest BCUT2D eigenvalue weighted by molar-refractivity contribution is -0.137. The van der Waals surface area contributed by atoms with E-state index >= 15 is 0 Å². The third-order valence-electron chi connectivity index (χ3n) is 6.37. The Morgan fingerprint density at radius 2 is 1.56 bits per heavy atom. The van der Waals surface area contributed by atoms with Gasteiger partial charge in [0.15, 0.2) is 5.78 Å². The third-order valence-corrected chi connectivity index (χ3v) is 6.37. The van der Waals surface area contributed by atoms with Crippen molar-refractivity contribution in [3.8, 4) is 11.5 Å². The van der Waals surface area contributed by atoms with Crippen LogP contribution in [-0.4, -0.2) is 34.6 Å². The fraction of sp³-hybridized carbons (Fsp3) is 0.286. The van der Waals surface area contributed by atoms with Crippen LogP contribution in [0.5, 0.6) is 11.5 Å². The van der Waals surface area contributed by atoms with Crippen molar-refractivity contribution in [2.24, 2.45) is 0 Å². The zero-order valence-electron chi connectivity index (χ0n) is 19.0. The van der Waals surface area contributed by atoms with Gasteiger partial charge in [-0.15, -0.1) is 0 Å². The molecule has 6 nitrogen and oxygen atoms in total. The molecule has 0 amide bonds. The number of ketones is 1. The number of hydrogen-bond donors (Lipinski definition) is 1. The topological polar surface area (TPSA) is 77.8 Å². The van der Waals surface area contributed by atoms with E-state index in [1.807, 2.05) is 54.6 Å². The van der Waals surface area contributed by atoms with Crippen molar-refractivity contribution in [3.05, 3.63) is 71.8 Å². The molecule has 3 aromatic carbocycles. The molecule has 0 radical (unpaired) electrons. The summed E-state index contributed by atoms with van der Waals surface area (Å²) in [6.07, 6.45) is 3.18. The molecular formula is C28H27NO5. The van der Waals surface area contributed by atoms with Crippen molar-refractivity contribution in [1.82, 2.24) is 4.57 Å². The van der Waals surface area contributed by atoms with Gasteiger partial charge >= 0.3 is 5.97 Å². The van der Waals surface area contributed by atoms with Crippen LogP contribution in [0.25, 0.3) is 21.8 Å². The highest BCUT2D eigenvalue weighted by molar-refractivity contribution is 6.08. The van der Waals surface area contributed by atoms with Gasteiger partial charge in [-0.2, -0.15) is 0 Å². The average molecular weight is 458 g/mol. The molecule has 4 aromatic rings. The monoisotopic (exact) mass is 457 g/mol. The van der Waals surface area contributed by atoms with E-state index in [0.29, 0.717) is 26.2 Å². The number of aryl methyl sites for hydroxylation is 2. The molecule has 1 aliphatic rings. The smallest absolute Gasteiger partial charge is 0.305 e. The van der Waals surface area contributed by atoms with Gasteiger partial charge in [0.2, 0.25) is 0 Å². The molecule has 0 fully saturated rings. The van der Waals surface area contributed by atoms with Crippen LogP contribution in [0.3, 0.4) is 0 Å². The first-order valence-corrected chi connectivity index (χ1v) is 11.7. The molecule has 1 aliphatic carbocycles. The number of aromatic nitrogens is 1. The van der Waals surface area contributed by atoms with Crippen molar-refractivity contribution < 1.29 is 24.2 Å². The van der Waals surface area contributed by atoms with E-state index in [1.165, 1.54) is 0 Å². The lowest BCUT2D eigenvalue weighted by atomic mass is 10.1. The Hall–Kier alpha value is -3.80. The molecule has 1 aromatic heterocycles. The Morgan fingerprint density at radius 1 is 0.853 bits per heavy atom. The van der Waals surface area contributed by atoms with Gasteiger partial charge in [0, 0.05) is 40.9 Å². The molecule has 34 heavy (non-hydrogen) atoms. The number of rotatable bonds is 10. The van der Waals surface area contributed by atoms with Crippen LogP contribution in [0.15, 0.2) is 60.7 Å². The molecule has 0 saturated heterocycles. The van der Waals surface area contributed by atoms with Gasteiger partial charge in [0.05, 0.1) is 25.2 Å². The molecule has 1 N–H and O–H groups in total. The summed E-state index contributed by atoms with van der Waals surface area (Å²) >= 11 is 0. The zero-order chi connectivity index (χ0) is 23.5. The maximum atomic E-state index is 11.7. The first-order valence-electron chi connectivity index (χ1n) is 11.7. The van der Waals surface area contributed by atoms with Gasteiger partial charge in [0.25, 0.3) is 0 Å². The highest BCUT2D eigenvalue weighted by Gasteiger charge is 2.19. The number of ether oxygens (including phenoxy) is 2. The second kappa shape index (κ2) is 9.59. The van der Waals surface area contributed by atoms with Crippen LogP contribution in [0, 0.1) is 0 Å². The number of Topliss-reactive ketones (excluding diaryl/α,β-unsaturated/α-hetero) is 1. The first-order chi connectivity index (χ1) is 16.6. The maximum Gasteiger partial charge on any atom is 0.305 e. The standard InChI is InChI=1S/C28H27NO5/c30-27-12-7-19-17-20(8-10-22(19)27)33-15-3-4-16-34-21-9-11-24-23-5-1-2-6-25(23)29(26(24)18-21)14-13-28(31)32/h1-2,5-6,8-11,17-18H,3-4,7,12-16H2,(H,31,32). The zero-order valence-corrected chi connectivity index (χ0v) is 19.0. The van der Waals surface area contributed by atoms with Crippen LogP contribution in [0.1, 0.15) is 41.6 Å². The number of carboxylic acids is 1. The van der Waals surface area contributed by atoms with Gasteiger partial charge in [0.1, 0.15) is 11.5 Å². The molecule has 0 unspecified atom stereocenters. The molecule has 6 heteroatoms. The number of fused-ring (bicyclic) bond motifs is 4. The normalized spacial score (nSPS) is 12.9. The van der Waals surface area contributed by atoms with Crippen molar-refractivity contribution >= 4 is 33.6 Å². The van der Waals surface area contributed by atoms with Crippen LogP contribution in [-0.2, 0) is 17.8 Å². The number of benzene rings is 3. The fourth-order valence-electron chi connectivity index (χ4n) is 4.67. The lowest BCUT2D eigenvalue weighted by Crippen LogP contribution is -2.05. The SMILES string of the molecule is O=C(O)CCn1c2ccccc2c2ccc(OCCCCOc3ccc4c(c3)CCC4=O)cc21. The summed E-state index contributed by atoms with van der Waals surface area (Å²) < 4.78 is 13.9. The highest BCUT2D eigenvalue weighted by atomic mass is 16.5. The largest absolute Gasteiger partial charge is 0.494 e. The number of nitrogens with zero attached hydrogens (tertiary/aromatic N) is 1. The summed E-state index contributed by atoms with van der Waals surface area (Å²) in [5.74, 6) is 0.998. The van der Waals surface area contributed by atoms with Crippen molar-refractivity contribution in [1.29, 1.82) is 0 Å². The Kier molecular flexibility index (Phi) is 6.21. The molecule has 1 heterocycles. The van der Waals surface area contributed by atoms with Gasteiger partial charge in [-0.05, 0) is 61.2 Å². The summed E-state index contributed by atoms with van der Waals surface area (Å²) in [4.78, 5) is 22.9. The minimum Gasteiger partial charge on any atom is -0.494 e. The average Bonchev–Trinajstić information content (AvgIpc) is 3.37. The predicted molar refractivity (Wildman–Crippen MR) is 131 cm³/mol. The van der Waals surface area contributed by atoms with Gasteiger partial charge < -0.3 is 19.1 Å². The molecular weight excluding hydrogens is 430 g/mol. The summed E-state index contributed by atoms with van der Waals surface area (Å²) in [5.41, 5.74) is 3.93. The van der Waals surface area contributed by atoms with E-state index in [4.69, 9.17) is 14.6 Å². The summed E-state index contributed by atoms with van der Waals surface area (Å²) in [5, 5.41) is 11.4. The van der Waals surface area contributed by atoms with E-state index in [1.54, 1.807) is 0 Å². The second-order valence-corrected chi connectivity index (χ2v) is 8.64. The van der Waals surface area contributed by atoms with Gasteiger partial charge in [-0.3, -0.25) is 9.59 Å². The van der Waals surface area contributed by atoms with Crippen molar-refractivity contribution in [2.45, 2.75) is 38.6 Å². The van der Waals surface area contributed by atoms with Crippen LogP contribution in [0.4, 0.5) is 0 Å². The fourth-order valence-corrected chi connectivity index (χ4v) is 4.67. The van der Waals surface area contributed by atoms with Crippen LogP contribution < -0.4 is 9.47 Å². The van der Waals surface area contributed by atoms with E-state index in [0.717, 1.165) is 63.7 Å². The molecule has 0 atom stereocenters. The number of carboxylic acid groups (broad SMARTS) is 1. The minimum absolute atomic E-state index is 0.0688. The minimum atomic E-state index is -0.811. The van der Waals surface area contributed by atoms with E-state index < -0.39 is 5.97 Å². The van der Waals surface area contributed by atoms with Crippen LogP contribution in [0.2, 0.25) is 0 Å². The number of carbonyl (C=O) groups is 2. The second-order valence-electron chi connectivity index (χ2n) is 8.64. The molecule has 0 saturated carbocycles. The lowest BCUT2D eigenvalue weighted by Gasteiger charge is -2.10. The Morgan fingerprint density at radius 3 is 2.35 bits per heavy atom. The highest BCUT2D eigenvalue weighted by Crippen LogP contribution is 2.32. The first kappa shape index (κ1) is 22.0. The van der Waals surface area contributed by atoms with E-state index in [2.05, 4.69) is 10.6 Å². The van der Waals surface area contributed by atoms with Gasteiger partial charge in [-0.25, -0.2) is 0 Å². The summed E-state index contributed by atoms with van der Waals surface area (Å²) in [6.45, 7) is 1.58. The molecule has 0 aliphatic heterocycles. The summed E-state index contributed by atoms with van der Waals surface area (Å²) in [6, 6.07) is 19.8. The van der Waals surface area contributed by atoms with E-state index in [-0.39, 0.29) is 12.2 Å². The maximum absolute atomic E-state index is 11.7. The Balaban J connectivity index is 1.17. The third kappa shape index (κ3) is 4.49. The number of hydrogen-bond acceptors (Lipinski definition) is 4. The number of para-hydroxylation sites is 1. The van der Waals surface area contributed by atoms with E-state index in [9.17, 15) is 9.59 Å². The predicted octanol–water partition coefficient (Wildman–Crippen LogP) is 5.64. The summed E-state index contributed by atoms with van der Waals surface area (Å²) in [7, 11) is 0. The molecule has 174 valence electrons. The molecule has 0 spiro atoms. The number of unbranched alkanes of at least 4 members (excludes halogenated alkanes) is 1. The Bertz CT molecular complexity index is 1370. The molecule has 5 rings (SSSR count). The molecule has 0 bridgehead atoms. The van der Waals surface area contributed by atoms with Crippen molar-refractivity contribution in [3.63, 3.8) is 0 Å². The van der Waals surface area contributed by atoms with Crippen LogP contribution >= 0.6 is 0 Å². The number of aliphatic carboxylic acids is 1. The Labute approximate surface area is 197 Å².